The standard InChI is InChI=1S/C23H32N4O3/c1-5-24-23(26-16-22(28)25-14-13-18-9-7-6-8-10-18)27(2)17-19-11-12-20(29-3)15-21(19)30-4/h6-12,15H,5,13-14,16-17H2,1-4H3,(H,24,26)(H,25,28). The fraction of sp³-hybridized carbons (Fsp3) is 0.391. The van der Waals surface area contributed by atoms with Gasteiger partial charge in [-0.3, -0.25) is 4.79 Å². The van der Waals surface area contributed by atoms with Gasteiger partial charge in [0.2, 0.25) is 5.91 Å². The maximum absolute atomic E-state index is 12.2. The van der Waals surface area contributed by atoms with E-state index in [2.05, 4.69) is 27.8 Å². The number of benzene rings is 2. The lowest BCUT2D eigenvalue weighted by Crippen LogP contribution is -2.39. The lowest BCUT2D eigenvalue weighted by Gasteiger charge is -2.23. The highest BCUT2D eigenvalue weighted by molar-refractivity contribution is 5.84. The van der Waals surface area contributed by atoms with E-state index in [1.54, 1.807) is 14.2 Å². The molecule has 2 aromatic rings. The first kappa shape index (κ1) is 23.1. The van der Waals surface area contributed by atoms with E-state index in [1.165, 1.54) is 5.56 Å². The van der Waals surface area contributed by atoms with Gasteiger partial charge in [0.15, 0.2) is 5.96 Å². The monoisotopic (exact) mass is 412 g/mol. The number of aliphatic imine (C=N–C) groups is 1. The maximum Gasteiger partial charge on any atom is 0.241 e. The summed E-state index contributed by atoms with van der Waals surface area (Å²) in [6.07, 6.45) is 0.799. The summed E-state index contributed by atoms with van der Waals surface area (Å²) in [6.45, 7) is 3.94. The lowest BCUT2D eigenvalue weighted by atomic mass is 10.1. The van der Waals surface area contributed by atoms with Crippen molar-refractivity contribution >= 4 is 11.9 Å². The summed E-state index contributed by atoms with van der Waals surface area (Å²) in [4.78, 5) is 18.6. The molecule has 0 spiro atoms. The summed E-state index contributed by atoms with van der Waals surface area (Å²) in [5.74, 6) is 2.05. The van der Waals surface area contributed by atoms with Gasteiger partial charge in [-0.2, -0.15) is 0 Å². The molecule has 0 aromatic heterocycles. The zero-order valence-corrected chi connectivity index (χ0v) is 18.3. The van der Waals surface area contributed by atoms with Crippen LogP contribution in [0.15, 0.2) is 53.5 Å². The fourth-order valence-corrected chi connectivity index (χ4v) is 2.98. The van der Waals surface area contributed by atoms with Crippen LogP contribution in [-0.4, -0.2) is 57.7 Å². The first-order valence-electron chi connectivity index (χ1n) is 10.1. The van der Waals surface area contributed by atoms with Gasteiger partial charge in [-0.25, -0.2) is 4.99 Å². The minimum absolute atomic E-state index is 0.0706. The van der Waals surface area contributed by atoms with Crippen LogP contribution in [0.1, 0.15) is 18.1 Å². The Kier molecular flexibility index (Phi) is 9.51. The van der Waals surface area contributed by atoms with E-state index < -0.39 is 0 Å². The van der Waals surface area contributed by atoms with Crippen LogP contribution in [-0.2, 0) is 17.8 Å². The second kappa shape index (κ2) is 12.4. The molecule has 0 fully saturated rings. The van der Waals surface area contributed by atoms with Crippen molar-refractivity contribution in [2.75, 3.05) is 40.9 Å². The third kappa shape index (κ3) is 7.31. The molecule has 1 amide bonds. The molecule has 0 atom stereocenters. The number of carbonyl (C=O) groups excluding carboxylic acids is 1. The third-order valence-corrected chi connectivity index (χ3v) is 4.55. The van der Waals surface area contributed by atoms with Crippen molar-refractivity contribution in [3.63, 3.8) is 0 Å². The molecule has 2 rings (SSSR count). The molecule has 0 aliphatic carbocycles. The van der Waals surface area contributed by atoms with E-state index in [0.717, 1.165) is 23.5 Å². The molecule has 7 nitrogen and oxygen atoms in total. The van der Waals surface area contributed by atoms with Gasteiger partial charge >= 0.3 is 0 Å². The normalized spacial score (nSPS) is 11.0. The molecule has 0 heterocycles. The minimum atomic E-state index is -0.100. The Hall–Kier alpha value is -3.22. The molecule has 0 aliphatic rings. The number of hydrogen-bond acceptors (Lipinski definition) is 4. The molecule has 30 heavy (non-hydrogen) atoms. The van der Waals surface area contributed by atoms with Crippen LogP contribution in [0.25, 0.3) is 0 Å². The number of carbonyl (C=O) groups is 1. The molecule has 2 N–H and O–H groups in total. The highest BCUT2D eigenvalue weighted by Gasteiger charge is 2.12. The average molecular weight is 413 g/mol. The predicted octanol–water partition coefficient (Wildman–Crippen LogP) is 2.46. The fourth-order valence-electron chi connectivity index (χ4n) is 2.98. The topological polar surface area (TPSA) is 75.2 Å². The second-order valence-electron chi connectivity index (χ2n) is 6.79. The Bertz CT molecular complexity index is 824. The van der Waals surface area contributed by atoms with Crippen LogP contribution in [0.4, 0.5) is 0 Å². The summed E-state index contributed by atoms with van der Waals surface area (Å²) >= 11 is 0. The van der Waals surface area contributed by atoms with Gasteiger partial charge in [0.1, 0.15) is 18.0 Å². The third-order valence-electron chi connectivity index (χ3n) is 4.55. The van der Waals surface area contributed by atoms with E-state index >= 15 is 0 Å². The highest BCUT2D eigenvalue weighted by Crippen LogP contribution is 2.25. The molecule has 0 unspecified atom stereocenters. The van der Waals surface area contributed by atoms with Gasteiger partial charge in [0, 0.05) is 38.3 Å². The lowest BCUT2D eigenvalue weighted by molar-refractivity contribution is -0.119. The van der Waals surface area contributed by atoms with Gasteiger partial charge in [-0.05, 0) is 31.0 Å². The van der Waals surface area contributed by atoms with Crippen LogP contribution >= 0.6 is 0 Å². The summed E-state index contributed by atoms with van der Waals surface area (Å²) < 4.78 is 10.7. The van der Waals surface area contributed by atoms with Crippen molar-refractivity contribution in [2.24, 2.45) is 4.99 Å². The van der Waals surface area contributed by atoms with E-state index in [9.17, 15) is 4.79 Å². The van der Waals surface area contributed by atoms with Gasteiger partial charge in [0.05, 0.1) is 14.2 Å². The second-order valence-corrected chi connectivity index (χ2v) is 6.79. The quantitative estimate of drug-likeness (QED) is 0.463. The Labute approximate surface area is 179 Å². The largest absolute Gasteiger partial charge is 0.497 e. The number of ether oxygens (including phenoxy) is 2. The number of nitrogens with zero attached hydrogens (tertiary/aromatic N) is 2. The Morgan fingerprint density at radius 1 is 1.07 bits per heavy atom. The van der Waals surface area contributed by atoms with E-state index in [1.807, 2.05) is 55.3 Å². The van der Waals surface area contributed by atoms with Crippen molar-refractivity contribution in [3.8, 4) is 11.5 Å². The van der Waals surface area contributed by atoms with Gasteiger partial charge in [-0.15, -0.1) is 0 Å². The average Bonchev–Trinajstić information content (AvgIpc) is 2.77. The molecule has 0 saturated carbocycles. The first-order chi connectivity index (χ1) is 14.6. The molecule has 0 saturated heterocycles. The van der Waals surface area contributed by atoms with Crippen molar-refractivity contribution < 1.29 is 14.3 Å². The molecule has 0 bridgehead atoms. The summed E-state index contributed by atoms with van der Waals surface area (Å²) in [6, 6.07) is 15.8. The molecular formula is C23H32N4O3. The van der Waals surface area contributed by atoms with Crippen molar-refractivity contribution in [1.82, 2.24) is 15.5 Å². The minimum Gasteiger partial charge on any atom is -0.497 e. The van der Waals surface area contributed by atoms with Crippen LogP contribution in [0, 0.1) is 0 Å². The van der Waals surface area contributed by atoms with Crippen LogP contribution in [0.3, 0.4) is 0 Å². The zero-order chi connectivity index (χ0) is 21.8. The summed E-state index contributed by atoms with van der Waals surface area (Å²) in [5, 5.41) is 6.15. The molecule has 0 radical (unpaired) electrons. The summed E-state index contributed by atoms with van der Waals surface area (Å²) in [7, 11) is 5.19. The van der Waals surface area contributed by atoms with Crippen LogP contribution in [0.5, 0.6) is 11.5 Å². The Morgan fingerprint density at radius 2 is 1.83 bits per heavy atom. The summed E-state index contributed by atoms with van der Waals surface area (Å²) in [5.41, 5.74) is 2.20. The SMILES string of the molecule is CCNC(=NCC(=O)NCCc1ccccc1)N(C)Cc1ccc(OC)cc1OC. The zero-order valence-electron chi connectivity index (χ0n) is 18.3. The van der Waals surface area contributed by atoms with Crippen molar-refractivity contribution in [2.45, 2.75) is 19.9 Å². The van der Waals surface area contributed by atoms with E-state index in [0.29, 0.717) is 25.6 Å². The van der Waals surface area contributed by atoms with Crippen LogP contribution in [0.2, 0.25) is 0 Å². The Morgan fingerprint density at radius 3 is 2.50 bits per heavy atom. The van der Waals surface area contributed by atoms with E-state index in [4.69, 9.17) is 9.47 Å². The van der Waals surface area contributed by atoms with Gasteiger partial charge in [-0.1, -0.05) is 30.3 Å². The molecule has 0 aliphatic heterocycles. The van der Waals surface area contributed by atoms with E-state index in [-0.39, 0.29) is 12.5 Å². The predicted molar refractivity (Wildman–Crippen MR) is 120 cm³/mol. The molecule has 7 heteroatoms. The van der Waals surface area contributed by atoms with Gasteiger partial charge < -0.3 is 25.0 Å². The molecule has 162 valence electrons. The van der Waals surface area contributed by atoms with Crippen molar-refractivity contribution in [3.05, 3.63) is 59.7 Å². The number of amides is 1. The molecular weight excluding hydrogens is 380 g/mol. The van der Waals surface area contributed by atoms with Crippen molar-refractivity contribution in [1.29, 1.82) is 0 Å². The van der Waals surface area contributed by atoms with Crippen LogP contribution < -0.4 is 20.1 Å². The number of methoxy groups -OCH3 is 2. The van der Waals surface area contributed by atoms with Gasteiger partial charge in [0.25, 0.3) is 0 Å². The first-order valence-corrected chi connectivity index (χ1v) is 10.1. The number of guanidine groups is 1. The molecule has 2 aromatic carbocycles. The smallest absolute Gasteiger partial charge is 0.241 e. The highest BCUT2D eigenvalue weighted by atomic mass is 16.5. The maximum atomic E-state index is 12.2. The number of hydrogen-bond donors (Lipinski definition) is 2. The number of nitrogens with one attached hydrogen (secondary N) is 2. The number of rotatable bonds is 10. The Balaban J connectivity index is 1.93.